The van der Waals surface area contributed by atoms with Gasteiger partial charge in [-0.05, 0) is 45.7 Å². The van der Waals surface area contributed by atoms with Gasteiger partial charge in [-0.2, -0.15) is 4.31 Å². The molecule has 1 saturated heterocycles. The molecule has 0 bridgehead atoms. The van der Waals surface area contributed by atoms with Crippen LogP contribution in [-0.4, -0.2) is 57.4 Å². The summed E-state index contributed by atoms with van der Waals surface area (Å²) in [7, 11) is -3.50. The zero-order chi connectivity index (χ0) is 18.8. The Hall–Kier alpha value is -1.44. The summed E-state index contributed by atoms with van der Waals surface area (Å²) < 4.78 is 27.7. The van der Waals surface area contributed by atoms with E-state index in [1.807, 2.05) is 46.8 Å². The van der Waals surface area contributed by atoms with Crippen LogP contribution in [0.4, 0.5) is 0 Å². The first kappa shape index (κ1) is 19.9. The highest BCUT2D eigenvalue weighted by atomic mass is 32.2. The molecule has 1 aromatic carbocycles. The molecule has 0 saturated carbocycles. The summed E-state index contributed by atoms with van der Waals surface area (Å²) in [4.78, 5) is 13.6. The molecular formula is C18H30N3O3S+. The average Bonchev–Trinajstić information content (AvgIpc) is 2.53. The predicted octanol–water partition coefficient (Wildman–Crippen LogP) is 0.0257. The molecule has 1 heterocycles. The van der Waals surface area contributed by atoms with Gasteiger partial charge in [0.05, 0.1) is 31.1 Å². The third kappa shape index (κ3) is 4.22. The van der Waals surface area contributed by atoms with E-state index in [2.05, 4.69) is 5.32 Å². The average molecular weight is 369 g/mol. The zero-order valence-corrected chi connectivity index (χ0v) is 16.7. The van der Waals surface area contributed by atoms with Gasteiger partial charge in [0.2, 0.25) is 10.0 Å². The lowest BCUT2D eigenvalue weighted by Crippen LogP contribution is -3.19. The molecule has 0 unspecified atom stereocenters. The van der Waals surface area contributed by atoms with E-state index in [0.29, 0.717) is 37.6 Å². The molecule has 1 aromatic rings. The van der Waals surface area contributed by atoms with E-state index in [1.165, 1.54) is 0 Å². The second kappa shape index (κ2) is 7.85. The summed E-state index contributed by atoms with van der Waals surface area (Å²) in [5, 5.41) is 2.84. The molecule has 2 rings (SSSR count). The maximum Gasteiger partial charge on any atom is 0.278 e. The maximum absolute atomic E-state index is 13.1. The number of amides is 1. The van der Waals surface area contributed by atoms with Crippen molar-refractivity contribution in [2.45, 2.75) is 45.6 Å². The van der Waals surface area contributed by atoms with Crippen LogP contribution in [0.1, 0.15) is 30.5 Å². The topological polar surface area (TPSA) is 70.9 Å². The van der Waals surface area contributed by atoms with Crippen LogP contribution in [0, 0.1) is 20.8 Å². The highest BCUT2D eigenvalue weighted by Gasteiger charge is 2.35. The van der Waals surface area contributed by atoms with Crippen molar-refractivity contribution in [2.24, 2.45) is 0 Å². The Labute approximate surface area is 151 Å². The smallest absolute Gasteiger partial charge is 0.278 e. The van der Waals surface area contributed by atoms with Gasteiger partial charge in [0.1, 0.15) is 0 Å². The number of nitrogens with one attached hydrogen (secondary N) is 2. The standard InChI is InChI=1S/C18H29N3O3S/c1-6-19-18(22)16(5)20-7-9-21(10-8-20)25(23,24)17-14(3)11-13(2)12-15(17)4/h11-12,16H,6-10H2,1-5H3,(H,19,22)/p+1/t16-/m1/s1. The molecular weight excluding hydrogens is 338 g/mol. The second-order valence-electron chi connectivity index (χ2n) is 6.91. The lowest BCUT2D eigenvalue weighted by atomic mass is 10.1. The minimum absolute atomic E-state index is 0.0269. The SMILES string of the molecule is CCNC(=O)[C@@H](C)[NH+]1CCN(S(=O)(=O)c2c(C)cc(C)cc2C)CC1. The third-order valence-corrected chi connectivity index (χ3v) is 7.13. The number of hydrogen-bond acceptors (Lipinski definition) is 3. The van der Waals surface area contributed by atoms with Crippen LogP contribution in [-0.2, 0) is 14.8 Å². The number of sulfonamides is 1. The highest BCUT2D eigenvalue weighted by Crippen LogP contribution is 2.25. The summed E-state index contributed by atoms with van der Waals surface area (Å²) in [6.45, 7) is 12.3. The number of quaternary nitrogens is 1. The second-order valence-corrected chi connectivity index (χ2v) is 8.78. The van der Waals surface area contributed by atoms with E-state index in [4.69, 9.17) is 0 Å². The van der Waals surface area contributed by atoms with Gasteiger partial charge in [-0.3, -0.25) is 4.79 Å². The summed E-state index contributed by atoms with van der Waals surface area (Å²) in [5.41, 5.74) is 2.66. The number of aryl methyl sites for hydroxylation is 3. The van der Waals surface area contributed by atoms with E-state index in [0.717, 1.165) is 21.6 Å². The Morgan fingerprint density at radius 2 is 1.72 bits per heavy atom. The van der Waals surface area contributed by atoms with Gasteiger partial charge in [-0.1, -0.05) is 17.7 Å². The molecule has 0 aliphatic carbocycles. The molecule has 1 atom stereocenters. The van der Waals surface area contributed by atoms with Gasteiger partial charge in [0.15, 0.2) is 6.04 Å². The molecule has 2 N–H and O–H groups in total. The molecule has 0 radical (unpaired) electrons. The van der Waals surface area contributed by atoms with Gasteiger partial charge in [-0.25, -0.2) is 8.42 Å². The van der Waals surface area contributed by atoms with Crippen molar-refractivity contribution in [2.75, 3.05) is 32.7 Å². The fourth-order valence-electron chi connectivity index (χ4n) is 3.66. The van der Waals surface area contributed by atoms with Gasteiger partial charge in [-0.15, -0.1) is 0 Å². The molecule has 1 amide bonds. The summed E-state index contributed by atoms with van der Waals surface area (Å²) in [6.07, 6.45) is 0. The van der Waals surface area contributed by atoms with Crippen LogP contribution in [0.15, 0.2) is 17.0 Å². The number of hydrogen-bond donors (Lipinski definition) is 2. The number of piperazine rings is 1. The van der Waals surface area contributed by atoms with Crippen LogP contribution in [0.25, 0.3) is 0 Å². The van der Waals surface area contributed by atoms with Crippen LogP contribution in [0.2, 0.25) is 0 Å². The number of rotatable bonds is 5. The van der Waals surface area contributed by atoms with Crippen LogP contribution in [0.3, 0.4) is 0 Å². The van der Waals surface area contributed by atoms with Gasteiger partial charge in [0, 0.05) is 6.54 Å². The molecule has 1 aliphatic heterocycles. The number of benzene rings is 1. The van der Waals surface area contributed by atoms with Crippen LogP contribution >= 0.6 is 0 Å². The van der Waals surface area contributed by atoms with Gasteiger partial charge < -0.3 is 10.2 Å². The van der Waals surface area contributed by atoms with Crippen molar-refractivity contribution in [1.29, 1.82) is 0 Å². The minimum atomic E-state index is -3.50. The van der Waals surface area contributed by atoms with Crippen LogP contribution in [0.5, 0.6) is 0 Å². The van der Waals surface area contributed by atoms with E-state index in [-0.39, 0.29) is 11.9 Å². The lowest BCUT2D eigenvalue weighted by Gasteiger charge is -2.34. The van der Waals surface area contributed by atoms with Crippen LogP contribution < -0.4 is 10.2 Å². The highest BCUT2D eigenvalue weighted by molar-refractivity contribution is 7.89. The molecule has 0 spiro atoms. The Morgan fingerprint density at radius 3 is 2.20 bits per heavy atom. The Bertz CT molecular complexity index is 715. The van der Waals surface area contributed by atoms with E-state index in [9.17, 15) is 13.2 Å². The molecule has 6 nitrogen and oxygen atoms in total. The summed E-state index contributed by atoms with van der Waals surface area (Å²) >= 11 is 0. The first-order chi connectivity index (χ1) is 11.7. The van der Waals surface area contributed by atoms with Crippen molar-refractivity contribution >= 4 is 15.9 Å². The van der Waals surface area contributed by atoms with Gasteiger partial charge >= 0.3 is 0 Å². The molecule has 140 valence electrons. The zero-order valence-electron chi connectivity index (χ0n) is 15.8. The lowest BCUT2D eigenvalue weighted by molar-refractivity contribution is -0.917. The van der Waals surface area contributed by atoms with Gasteiger partial charge in [0.25, 0.3) is 5.91 Å². The van der Waals surface area contributed by atoms with Crippen molar-refractivity contribution in [3.05, 3.63) is 28.8 Å². The number of carbonyl (C=O) groups is 1. The van der Waals surface area contributed by atoms with Crippen molar-refractivity contribution in [3.8, 4) is 0 Å². The maximum atomic E-state index is 13.1. The number of carbonyl (C=O) groups excluding carboxylic acids is 1. The minimum Gasteiger partial charge on any atom is -0.351 e. The fraction of sp³-hybridized carbons (Fsp3) is 0.611. The molecule has 0 aromatic heterocycles. The molecule has 7 heteroatoms. The quantitative estimate of drug-likeness (QED) is 0.770. The van der Waals surface area contributed by atoms with E-state index >= 15 is 0 Å². The fourth-order valence-corrected chi connectivity index (χ4v) is 5.52. The third-order valence-electron chi connectivity index (χ3n) is 4.92. The first-order valence-corrected chi connectivity index (χ1v) is 10.3. The summed E-state index contributed by atoms with van der Waals surface area (Å²) in [5.74, 6) is 0.0269. The van der Waals surface area contributed by atoms with Crippen molar-refractivity contribution < 1.29 is 18.1 Å². The van der Waals surface area contributed by atoms with Crippen molar-refractivity contribution in [3.63, 3.8) is 0 Å². The summed E-state index contributed by atoms with van der Waals surface area (Å²) in [6, 6.07) is 3.67. The normalized spacial score (nSPS) is 18.1. The number of likely N-dealkylation sites (N-methyl/N-ethyl adjacent to an activating group) is 1. The predicted molar refractivity (Wildman–Crippen MR) is 98.3 cm³/mol. The van der Waals surface area contributed by atoms with E-state index < -0.39 is 10.0 Å². The monoisotopic (exact) mass is 368 g/mol. The first-order valence-electron chi connectivity index (χ1n) is 8.88. The molecule has 25 heavy (non-hydrogen) atoms. The molecule has 1 fully saturated rings. The number of nitrogens with zero attached hydrogens (tertiary/aromatic N) is 1. The van der Waals surface area contributed by atoms with Crippen molar-refractivity contribution in [1.82, 2.24) is 9.62 Å². The van der Waals surface area contributed by atoms with E-state index in [1.54, 1.807) is 4.31 Å². The molecule has 1 aliphatic rings. The Morgan fingerprint density at radius 1 is 1.20 bits per heavy atom. The largest absolute Gasteiger partial charge is 0.351 e. The Kier molecular flexibility index (Phi) is 6.24. The Balaban J connectivity index is 2.13.